The summed E-state index contributed by atoms with van der Waals surface area (Å²) in [7, 11) is 1.51. The third-order valence-corrected chi connectivity index (χ3v) is 3.39. The van der Waals surface area contributed by atoms with E-state index in [2.05, 4.69) is 10.2 Å². The average Bonchev–Trinajstić information content (AvgIpc) is 2.90. The number of H-pyrrole nitrogens is 1. The number of hydrogen-bond acceptors (Lipinski definition) is 4. The predicted octanol–water partition coefficient (Wildman–Crippen LogP) is 2.90. The number of nitrogens with zero attached hydrogens (tertiary/aromatic N) is 3. The second kappa shape index (κ2) is 6.11. The number of hydrogen-bond donors (Lipinski definition) is 1. The van der Waals surface area contributed by atoms with E-state index < -0.39 is 10.8 Å². The lowest BCUT2D eigenvalue weighted by molar-refractivity contribution is -0.385. The van der Waals surface area contributed by atoms with Gasteiger partial charge in [0.25, 0.3) is 5.91 Å². The molecular weight excluding hydrogens is 319 g/mol. The maximum atomic E-state index is 12.2. The molecule has 7 nitrogen and oxygen atoms in total. The Labute approximate surface area is 129 Å². The van der Waals surface area contributed by atoms with Crippen LogP contribution in [-0.2, 0) is 6.54 Å². The highest BCUT2D eigenvalue weighted by molar-refractivity contribution is 6.35. The van der Waals surface area contributed by atoms with Crippen molar-refractivity contribution in [2.24, 2.45) is 0 Å². The second-order valence-corrected chi connectivity index (χ2v) is 5.13. The molecule has 0 atom stereocenters. The highest BCUT2D eigenvalue weighted by Gasteiger charge is 2.25. The minimum Gasteiger partial charge on any atom is -0.336 e. The molecule has 110 valence electrons. The molecular formula is C12H10Cl2N4O3. The van der Waals surface area contributed by atoms with Gasteiger partial charge in [0, 0.05) is 23.6 Å². The van der Waals surface area contributed by atoms with Crippen molar-refractivity contribution < 1.29 is 9.72 Å². The van der Waals surface area contributed by atoms with Crippen LogP contribution in [0.25, 0.3) is 0 Å². The zero-order chi connectivity index (χ0) is 15.6. The quantitative estimate of drug-likeness (QED) is 0.689. The van der Waals surface area contributed by atoms with E-state index in [4.69, 9.17) is 23.2 Å². The van der Waals surface area contributed by atoms with Crippen molar-refractivity contribution >= 4 is 34.8 Å². The number of benzene rings is 1. The number of carbonyl (C=O) groups is 1. The highest BCUT2D eigenvalue weighted by Crippen LogP contribution is 2.23. The molecule has 0 spiro atoms. The standard InChI is InChI=1S/C12H10Cl2N4O3/c1-17(6-7-2-3-8(13)4-9(7)14)12(19)11-10(18(20)21)5-15-16-11/h2-5H,6H2,1H3,(H,15,16). The molecule has 21 heavy (non-hydrogen) atoms. The van der Waals surface area contributed by atoms with Crippen molar-refractivity contribution in [3.63, 3.8) is 0 Å². The molecule has 2 aromatic rings. The third kappa shape index (κ3) is 3.32. The van der Waals surface area contributed by atoms with Gasteiger partial charge in [-0.05, 0) is 17.7 Å². The van der Waals surface area contributed by atoms with Gasteiger partial charge in [-0.25, -0.2) is 0 Å². The van der Waals surface area contributed by atoms with Crippen molar-refractivity contribution in [1.29, 1.82) is 0 Å². The minimum atomic E-state index is -0.667. The van der Waals surface area contributed by atoms with E-state index in [1.807, 2.05) is 0 Å². The molecule has 1 aromatic heterocycles. The van der Waals surface area contributed by atoms with E-state index in [0.717, 1.165) is 6.20 Å². The molecule has 1 heterocycles. The largest absolute Gasteiger partial charge is 0.336 e. The lowest BCUT2D eigenvalue weighted by atomic mass is 10.2. The Kier molecular flexibility index (Phi) is 4.44. The third-order valence-electron chi connectivity index (χ3n) is 2.80. The summed E-state index contributed by atoms with van der Waals surface area (Å²) in [4.78, 5) is 23.6. The van der Waals surface area contributed by atoms with Crippen LogP contribution in [0, 0.1) is 10.1 Å². The molecule has 0 fully saturated rings. The highest BCUT2D eigenvalue weighted by atomic mass is 35.5. The summed E-state index contributed by atoms with van der Waals surface area (Å²) in [5.74, 6) is -0.551. The van der Waals surface area contributed by atoms with Crippen LogP contribution < -0.4 is 0 Å². The Balaban J connectivity index is 2.20. The molecule has 1 N–H and O–H groups in total. The zero-order valence-corrected chi connectivity index (χ0v) is 12.4. The number of halogens is 2. The molecule has 2 rings (SSSR count). The van der Waals surface area contributed by atoms with Crippen LogP contribution in [-0.4, -0.2) is 33.0 Å². The molecule has 0 saturated heterocycles. The summed E-state index contributed by atoms with van der Waals surface area (Å²) in [6, 6.07) is 4.91. The zero-order valence-electron chi connectivity index (χ0n) is 10.8. The van der Waals surface area contributed by atoms with Crippen molar-refractivity contribution in [2.45, 2.75) is 6.54 Å². The van der Waals surface area contributed by atoms with Gasteiger partial charge < -0.3 is 4.90 Å². The van der Waals surface area contributed by atoms with E-state index in [-0.39, 0.29) is 17.9 Å². The van der Waals surface area contributed by atoms with Gasteiger partial charge in [-0.1, -0.05) is 29.3 Å². The predicted molar refractivity (Wildman–Crippen MR) is 77.5 cm³/mol. The first kappa shape index (κ1) is 15.3. The number of amides is 1. The molecule has 0 unspecified atom stereocenters. The molecule has 0 bridgehead atoms. The van der Waals surface area contributed by atoms with E-state index >= 15 is 0 Å². The molecule has 0 aliphatic rings. The SMILES string of the molecule is CN(Cc1ccc(Cl)cc1Cl)C(=O)c1[nH]ncc1[N+](=O)[O-]. The van der Waals surface area contributed by atoms with Crippen molar-refractivity contribution in [3.8, 4) is 0 Å². The smallest absolute Gasteiger partial charge is 0.319 e. The monoisotopic (exact) mass is 328 g/mol. The molecule has 1 amide bonds. The number of nitrogens with one attached hydrogen (secondary N) is 1. The number of nitro groups is 1. The number of aromatic amines is 1. The van der Waals surface area contributed by atoms with Gasteiger partial charge in [0.15, 0.2) is 0 Å². The normalized spacial score (nSPS) is 10.4. The summed E-state index contributed by atoms with van der Waals surface area (Å²) in [5.41, 5.74) is 0.140. The molecule has 0 aliphatic carbocycles. The van der Waals surface area contributed by atoms with Crippen molar-refractivity contribution in [3.05, 3.63) is 55.8 Å². The molecule has 0 aliphatic heterocycles. The van der Waals surface area contributed by atoms with Crippen LogP contribution in [0.5, 0.6) is 0 Å². The van der Waals surface area contributed by atoms with Gasteiger partial charge in [0.1, 0.15) is 6.20 Å². The molecule has 9 heteroatoms. The van der Waals surface area contributed by atoms with Gasteiger partial charge in [-0.15, -0.1) is 0 Å². The van der Waals surface area contributed by atoms with Gasteiger partial charge in [0.05, 0.1) is 4.92 Å². The van der Waals surface area contributed by atoms with Crippen LogP contribution in [0.4, 0.5) is 5.69 Å². The van der Waals surface area contributed by atoms with Crippen LogP contribution in [0.15, 0.2) is 24.4 Å². The number of aromatic nitrogens is 2. The Morgan fingerprint density at radius 3 is 2.81 bits per heavy atom. The fourth-order valence-corrected chi connectivity index (χ4v) is 2.21. The van der Waals surface area contributed by atoms with Gasteiger partial charge in [-0.3, -0.25) is 20.0 Å². The van der Waals surface area contributed by atoms with E-state index in [9.17, 15) is 14.9 Å². The lowest BCUT2D eigenvalue weighted by Crippen LogP contribution is -2.27. The van der Waals surface area contributed by atoms with Gasteiger partial charge in [0.2, 0.25) is 5.69 Å². The van der Waals surface area contributed by atoms with E-state index in [0.29, 0.717) is 15.6 Å². The first-order valence-corrected chi connectivity index (χ1v) is 6.53. The van der Waals surface area contributed by atoms with Crippen LogP contribution in [0.3, 0.4) is 0 Å². The van der Waals surface area contributed by atoms with Gasteiger partial charge >= 0.3 is 5.69 Å². The summed E-state index contributed by atoms with van der Waals surface area (Å²) in [6.45, 7) is 0.186. The first-order chi connectivity index (χ1) is 9.90. The molecule has 1 aromatic carbocycles. The minimum absolute atomic E-state index is 0.174. The van der Waals surface area contributed by atoms with E-state index in [1.54, 1.807) is 18.2 Å². The average molecular weight is 329 g/mol. The van der Waals surface area contributed by atoms with Crippen LogP contribution in [0.1, 0.15) is 16.1 Å². The Hall–Kier alpha value is -2.12. The maximum Gasteiger partial charge on any atom is 0.319 e. The maximum absolute atomic E-state index is 12.2. The fraction of sp³-hybridized carbons (Fsp3) is 0.167. The van der Waals surface area contributed by atoms with Crippen LogP contribution in [0.2, 0.25) is 10.0 Å². The Morgan fingerprint density at radius 1 is 1.48 bits per heavy atom. The molecule has 0 radical (unpaired) electrons. The first-order valence-electron chi connectivity index (χ1n) is 5.77. The molecule has 0 saturated carbocycles. The van der Waals surface area contributed by atoms with Crippen molar-refractivity contribution in [1.82, 2.24) is 15.1 Å². The van der Waals surface area contributed by atoms with Gasteiger partial charge in [-0.2, -0.15) is 5.10 Å². The van der Waals surface area contributed by atoms with E-state index in [1.165, 1.54) is 11.9 Å². The summed E-state index contributed by atoms with van der Waals surface area (Å²) >= 11 is 11.8. The lowest BCUT2D eigenvalue weighted by Gasteiger charge is -2.17. The van der Waals surface area contributed by atoms with Crippen LogP contribution >= 0.6 is 23.2 Å². The van der Waals surface area contributed by atoms with Crippen molar-refractivity contribution in [2.75, 3.05) is 7.05 Å². The Morgan fingerprint density at radius 2 is 2.19 bits per heavy atom. The summed E-state index contributed by atoms with van der Waals surface area (Å²) < 4.78 is 0. The topological polar surface area (TPSA) is 92.1 Å². The Bertz CT molecular complexity index is 702. The summed E-state index contributed by atoms with van der Waals surface area (Å²) in [6.07, 6.45) is 0.996. The number of rotatable bonds is 4. The second-order valence-electron chi connectivity index (χ2n) is 4.28. The fourth-order valence-electron chi connectivity index (χ4n) is 1.74. The number of carbonyl (C=O) groups excluding carboxylic acids is 1. The summed E-state index contributed by atoms with van der Waals surface area (Å²) in [5, 5.41) is 17.6.